The zero-order chi connectivity index (χ0) is 37.7. The van der Waals surface area contributed by atoms with Crippen molar-refractivity contribution in [3.63, 3.8) is 0 Å². The van der Waals surface area contributed by atoms with E-state index in [1.54, 1.807) is 14.2 Å². The number of aromatic nitrogens is 4. The SMILES string of the molecule is COC(C)C1=C(C)c2cc3nc(cc4[nH]c(cc5[nH]c(cc1n2)c(C)c5C(C)OC)c(C)c4CCC(=O)NCCO)C(CCC(=O)NCCO)=C3C. The van der Waals surface area contributed by atoms with E-state index in [1.807, 2.05) is 39.8 Å². The lowest BCUT2D eigenvalue weighted by atomic mass is 9.99. The lowest BCUT2D eigenvalue weighted by molar-refractivity contribution is -0.121. The van der Waals surface area contributed by atoms with Gasteiger partial charge in [-0.05, 0) is 112 Å². The van der Waals surface area contributed by atoms with E-state index in [4.69, 9.17) is 19.4 Å². The number of amides is 2. The molecule has 0 saturated carbocycles. The van der Waals surface area contributed by atoms with Crippen molar-refractivity contribution >= 4 is 56.2 Å². The number of fused-ring (bicyclic) bond motifs is 8. The summed E-state index contributed by atoms with van der Waals surface area (Å²) in [5, 5.41) is 23.9. The van der Waals surface area contributed by atoms with Gasteiger partial charge in [0.25, 0.3) is 0 Å². The van der Waals surface area contributed by atoms with Gasteiger partial charge in [-0.2, -0.15) is 0 Å². The first-order valence-electron chi connectivity index (χ1n) is 17.9. The zero-order valence-corrected chi connectivity index (χ0v) is 31.5. The molecule has 0 fully saturated rings. The van der Waals surface area contributed by atoms with Gasteiger partial charge in [0.15, 0.2) is 0 Å². The van der Waals surface area contributed by atoms with Crippen molar-refractivity contribution < 1.29 is 29.3 Å². The van der Waals surface area contributed by atoms with E-state index in [2.05, 4.69) is 46.6 Å². The van der Waals surface area contributed by atoms with E-state index in [1.165, 1.54) is 0 Å². The van der Waals surface area contributed by atoms with Crippen molar-refractivity contribution in [2.45, 2.75) is 79.4 Å². The molecular formula is C40H52N6O6. The van der Waals surface area contributed by atoms with E-state index in [0.29, 0.717) is 12.8 Å². The maximum Gasteiger partial charge on any atom is 0.220 e. The number of aliphatic hydroxyl groups is 2. The topological polar surface area (TPSA) is 174 Å². The van der Waals surface area contributed by atoms with Crippen molar-refractivity contribution in [3.8, 4) is 0 Å². The summed E-state index contributed by atoms with van der Waals surface area (Å²) >= 11 is 0. The molecule has 3 aromatic heterocycles. The number of nitrogens with zero attached hydrogens (tertiary/aromatic N) is 2. The van der Waals surface area contributed by atoms with E-state index < -0.39 is 0 Å². The Bertz CT molecular complexity index is 2070. The van der Waals surface area contributed by atoms with Crippen LogP contribution in [0, 0.1) is 13.8 Å². The third-order valence-corrected chi connectivity index (χ3v) is 10.2. The van der Waals surface area contributed by atoms with Crippen molar-refractivity contribution in [3.05, 3.63) is 69.3 Å². The highest BCUT2D eigenvalue weighted by Crippen LogP contribution is 2.38. The first-order chi connectivity index (χ1) is 24.9. The van der Waals surface area contributed by atoms with Gasteiger partial charge in [-0.25, -0.2) is 9.97 Å². The summed E-state index contributed by atoms with van der Waals surface area (Å²) in [6.45, 7) is 12.4. The predicted molar refractivity (Wildman–Crippen MR) is 205 cm³/mol. The van der Waals surface area contributed by atoms with Gasteiger partial charge >= 0.3 is 0 Å². The summed E-state index contributed by atoms with van der Waals surface area (Å²) in [4.78, 5) is 43.0. The highest BCUT2D eigenvalue weighted by Gasteiger charge is 2.25. The van der Waals surface area contributed by atoms with Crippen LogP contribution in [0.5, 0.6) is 0 Å². The lowest BCUT2D eigenvalue weighted by Crippen LogP contribution is -2.26. The van der Waals surface area contributed by atoms with Crippen LogP contribution in [0.2, 0.25) is 0 Å². The first-order valence-corrected chi connectivity index (χ1v) is 17.9. The lowest BCUT2D eigenvalue weighted by Gasteiger charge is -2.12. The van der Waals surface area contributed by atoms with Crippen LogP contribution in [0.25, 0.3) is 44.4 Å². The minimum Gasteiger partial charge on any atom is -0.395 e. The number of rotatable bonds is 14. The molecule has 2 aliphatic rings. The monoisotopic (exact) mass is 712 g/mol. The minimum atomic E-state index is -0.212. The molecule has 2 aliphatic heterocycles. The number of methoxy groups -OCH3 is 2. The summed E-state index contributed by atoms with van der Waals surface area (Å²) < 4.78 is 11.7. The number of carbonyl (C=O) groups excluding carboxylic acids is 2. The summed E-state index contributed by atoms with van der Waals surface area (Å²) in [6.07, 6.45) is 0.947. The average Bonchev–Trinajstić information content (AvgIpc) is 3.80. The number of nitrogens with one attached hydrogen (secondary N) is 4. The summed E-state index contributed by atoms with van der Waals surface area (Å²) in [6, 6.07) is 8.18. The number of hydrogen-bond acceptors (Lipinski definition) is 8. The van der Waals surface area contributed by atoms with Gasteiger partial charge in [-0.15, -0.1) is 0 Å². The van der Waals surface area contributed by atoms with Crippen LogP contribution in [0.4, 0.5) is 0 Å². The van der Waals surface area contributed by atoms with Gasteiger partial charge in [0, 0.05) is 73.4 Å². The molecule has 12 nitrogen and oxygen atoms in total. The van der Waals surface area contributed by atoms with Crippen LogP contribution in [0.15, 0.2) is 24.3 Å². The molecular weight excluding hydrogens is 660 g/mol. The molecule has 0 aliphatic carbocycles. The van der Waals surface area contributed by atoms with Crippen LogP contribution in [-0.4, -0.2) is 88.6 Å². The van der Waals surface area contributed by atoms with Gasteiger partial charge in [0.1, 0.15) is 0 Å². The number of H-pyrrole nitrogens is 2. The van der Waals surface area contributed by atoms with Gasteiger partial charge < -0.3 is 40.3 Å². The number of hydrogen-bond donors (Lipinski definition) is 6. The summed E-state index contributed by atoms with van der Waals surface area (Å²) in [5.41, 5.74) is 14.5. The molecule has 278 valence electrons. The number of aliphatic hydroxyl groups excluding tert-OH is 2. The van der Waals surface area contributed by atoms with Crippen molar-refractivity contribution in [1.82, 2.24) is 30.6 Å². The molecule has 6 N–H and O–H groups in total. The number of ether oxygens (including phenoxy) is 2. The standard InChI is InChI=1S/C40H52N6O6/c1-21-27(9-11-37(49)41-13-15-47)33-20-34-28(10-12-38(50)42-14-16-48)22(2)30(44-34)18-35-40(26(6)52-8)24(4)32(46-35)19-36-39(25(5)51-7)23(3)31(45-36)17-29(21)43-33/h17-20,25-26,44,46-48H,9-16H2,1-8H3,(H,41,49)(H,42,50). The smallest absolute Gasteiger partial charge is 0.220 e. The third-order valence-electron chi connectivity index (χ3n) is 10.2. The highest BCUT2D eigenvalue weighted by molar-refractivity contribution is 5.97. The van der Waals surface area contributed by atoms with Crippen molar-refractivity contribution in [1.29, 1.82) is 0 Å². The molecule has 0 spiro atoms. The second-order valence-corrected chi connectivity index (χ2v) is 13.4. The largest absolute Gasteiger partial charge is 0.395 e. The Morgan fingerprint density at radius 2 is 1.25 bits per heavy atom. The van der Waals surface area contributed by atoms with E-state index in [9.17, 15) is 19.8 Å². The molecule has 0 radical (unpaired) electrons. The first kappa shape index (κ1) is 38.6. The quantitative estimate of drug-likeness (QED) is 0.128. The Hall–Kier alpha value is -4.62. The molecule has 0 saturated heterocycles. The van der Waals surface area contributed by atoms with Gasteiger partial charge in [-0.3, -0.25) is 9.59 Å². The van der Waals surface area contributed by atoms with Crippen LogP contribution in [-0.2, 0) is 25.5 Å². The van der Waals surface area contributed by atoms with Crippen LogP contribution in [0.1, 0.15) is 98.1 Å². The van der Waals surface area contributed by atoms with Crippen molar-refractivity contribution in [2.24, 2.45) is 0 Å². The third kappa shape index (κ3) is 8.05. The Labute approximate surface area is 304 Å². The molecule has 0 aromatic carbocycles. The fraction of sp³-hybridized carbons (Fsp3) is 0.450. The average molecular weight is 713 g/mol. The van der Waals surface area contributed by atoms with Gasteiger partial charge in [0.2, 0.25) is 11.8 Å². The van der Waals surface area contributed by atoms with Gasteiger partial charge in [-0.1, -0.05) is 0 Å². The minimum absolute atomic E-state index is 0.125. The second kappa shape index (κ2) is 16.8. The molecule has 5 heterocycles. The van der Waals surface area contributed by atoms with E-state index >= 15 is 0 Å². The molecule has 2 atom stereocenters. The predicted octanol–water partition coefficient (Wildman–Crippen LogP) is 5.47. The zero-order valence-electron chi connectivity index (χ0n) is 31.5. The fourth-order valence-electron chi connectivity index (χ4n) is 7.10. The van der Waals surface area contributed by atoms with Crippen LogP contribution in [0.3, 0.4) is 0 Å². The summed E-state index contributed by atoms with van der Waals surface area (Å²) in [7, 11) is 3.40. The Morgan fingerprint density at radius 1 is 0.692 bits per heavy atom. The number of aromatic amines is 2. The molecule has 8 bridgehead atoms. The highest BCUT2D eigenvalue weighted by atomic mass is 16.5. The van der Waals surface area contributed by atoms with Crippen molar-refractivity contribution in [2.75, 3.05) is 40.5 Å². The molecule has 12 heteroatoms. The Balaban J connectivity index is 1.85. The maximum atomic E-state index is 12.7. The van der Waals surface area contributed by atoms with E-state index in [-0.39, 0.29) is 63.2 Å². The number of carbonyl (C=O) groups is 2. The molecule has 5 rings (SSSR count). The number of aryl methyl sites for hydroxylation is 3. The molecule has 52 heavy (non-hydrogen) atoms. The second-order valence-electron chi connectivity index (χ2n) is 13.4. The molecule has 3 aromatic rings. The Morgan fingerprint density at radius 3 is 1.88 bits per heavy atom. The normalized spacial score (nSPS) is 14.2. The Kier molecular flexibility index (Phi) is 12.5. The van der Waals surface area contributed by atoms with Crippen LogP contribution >= 0.6 is 0 Å². The van der Waals surface area contributed by atoms with Crippen LogP contribution < -0.4 is 10.6 Å². The maximum absolute atomic E-state index is 12.7. The molecule has 2 unspecified atom stereocenters. The van der Waals surface area contributed by atoms with E-state index in [0.717, 1.165) is 89.4 Å². The van der Waals surface area contributed by atoms with Gasteiger partial charge in [0.05, 0.1) is 48.2 Å². The fourth-order valence-corrected chi connectivity index (χ4v) is 7.10. The summed E-state index contributed by atoms with van der Waals surface area (Å²) in [5.74, 6) is -0.297. The number of allylic oxidation sites excluding steroid dienone is 3. The molecule has 2 amide bonds.